The van der Waals surface area contributed by atoms with E-state index in [1.54, 1.807) is 6.92 Å². The molecule has 1 amide bonds. The quantitative estimate of drug-likeness (QED) is 0.878. The molecule has 1 aliphatic rings. The maximum Gasteiger partial charge on any atom is 0.416 e. The van der Waals surface area contributed by atoms with E-state index in [0.717, 1.165) is 12.1 Å². The molecule has 1 aliphatic heterocycles. The molecule has 0 aliphatic carbocycles. The van der Waals surface area contributed by atoms with E-state index in [1.165, 1.54) is 12.1 Å². The number of nitrogens with one attached hydrogen (secondary N) is 2. The molecule has 1 aromatic carbocycles. The molecule has 0 bridgehead atoms. The predicted molar refractivity (Wildman–Crippen MR) is 74.5 cm³/mol. The molecule has 2 rings (SSSR count). The number of carbonyl (C=O) groups is 1. The molecule has 0 aromatic heterocycles. The Morgan fingerprint density at radius 3 is 2.76 bits per heavy atom. The van der Waals surface area contributed by atoms with E-state index in [9.17, 15) is 18.0 Å². The Labute approximate surface area is 126 Å². The number of hydrogen-bond acceptors (Lipinski definition) is 3. The number of hydrogen-bond donors (Lipinski definition) is 2. The molecule has 2 atom stereocenters. The van der Waals surface area contributed by atoms with Crippen molar-refractivity contribution in [3.8, 4) is 0 Å². The third-order valence-corrected chi connectivity index (χ3v) is 3.06. The lowest BCUT2D eigenvalue weighted by molar-refractivity contribution is -0.137. The number of carbonyl (C=O) groups excluding carboxylic acids is 1. The fourth-order valence-electron chi connectivity index (χ4n) is 2.02. The largest absolute Gasteiger partial charge is 0.416 e. The lowest BCUT2D eigenvalue weighted by Crippen LogP contribution is -2.53. The fourth-order valence-corrected chi connectivity index (χ4v) is 2.02. The van der Waals surface area contributed by atoms with Gasteiger partial charge in [-0.2, -0.15) is 13.2 Å². The number of morpholine rings is 1. The zero-order valence-electron chi connectivity index (χ0n) is 11.2. The molecule has 0 spiro atoms. The van der Waals surface area contributed by atoms with Gasteiger partial charge in [0.1, 0.15) is 6.04 Å². The van der Waals surface area contributed by atoms with Crippen LogP contribution in [0.3, 0.4) is 0 Å². The van der Waals surface area contributed by atoms with Crippen molar-refractivity contribution in [2.45, 2.75) is 25.2 Å². The van der Waals surface area contributed by atoms with Crippen LogP contribution in [-0.2, 0) is 15.7 Å². The number of rotatable bonds is 2. The lowest BCUT2D eigenvalue weighted by Gasteiger charge is -2.29. The highest BCUT2D eigenvalue weighted by molar-refractivity contribution is 5.95. The molecular weight excluding hydrogens is 309 g/mol. The normalized spacial score (nSPS) is 22.3. The fraction of sp³-hybridized carbons (Fsp3) is 0.462. The first-order valence-corrected chi connectivity index (χ1v) is 6.21. The van der Waals surface area contributed by atoms with Crippen molar-refractivity contribution in [2.24, 2.45) is 0 Å². The summed E-state index contributed by atoms with van der Waals surface area (Å²) < 4.78 is 43.1. The summed E-state index contributed by atoms with van der Waals surface area (Å²) in [6.07, 6.45) is -4.75. The van der Waals surface area contributed by atoms with Crippen LogP contribution in [0.5, 0.6) is 0 Å². The number of benzene rings is 1. The molecule has 8 heteroatoms. The van der Waals surface area contributed by atoms with E-state index in [4.69, 9.17) is 4.74 Å². The molecule has 4 nitrogen and oxygen atoms in total. The van der Waals surface area contributed by atoms with Gasteiger partial charge in [0.25, 0.3) is 0 Å². The van der Waals surface area contributed by atoms with Crippen molar-refractivity contribution >= 4 is 24.0 Å². The van der Waals surface area contributed by atoms with Gasteiger partial charge in [-0.1, -0.05) is 6.07 Å². The molecule has 1 aromatic rings. The second kappa shape index (κ2) is 7.11. The first-order valence-electron chi connectivity index (χ1n) is 6.21. The number of anilines is 1. The van der Waals surface area contributed by atoms with Crippen LogP contribution in [0.25, 0.3) is 0 Å². The Kier molecular flexibility index (Phi) is 6.00. The van der Waals surface area contributed by atoms with Crippen molar-refractivity contribution in [2.75, 3.05) is 18.5 Å². The summed E-state index contributed by atoms with van der Waals surface area (Å²) in [6, 6.07) is 3.97. The van der Waals surface area contributed by atoms with Crippen molar-refractivity contribution in [1.29, 1.82) is 0 Å². The van der Waals surface area contributed by atoms with Gasteiger partial charge in [-0.15, -0.1) is 12.4 Å². The maximum absolute atomic E-state index is 12.6. The predicted octanol–water partition coefficient (Wildman–Crippen LogP) is 2.44. The van der Waals surface area contributed by atoms with E-state index in [2.05, 4.69) is 10.6 Å². The smallest absolute Gasteiger partial charge is 0.375 e. The van der Waals surface area contributed by atoms with Crippen LogP contribution in [-0.4, -0.2) is 31.2 Å². The van der Waals surface area contributed by atoms with Crippen LogP contribution < -0.4 is 10.6 Å². The van der Waals surface area contributed by atoms with Crippen LogP contribution in [0, 0.1) is 0 Å². The summed E-state index contributed by atoms with van der Waals surface area (Å²) in [4.78, 5) is 12.0. The third-order valence-electron chi connectivity index (χ3n) is 3.06. The number of ether oxygens (including phenoxy) is 1. The molecule has 0 saturated carbocycles. The van der Waals surface area contributed by atoms with E-state index in [-0.39, 0.29) is 24.2 Å². The standard InChI is InChI=1S/C13H15F3N2O2.ClH/c1-8-11(17-5-6-20-8)12(19)18-10-4-2-3-9(7-10)13(14,15)16;/h2-4,7-8,11,17H,5-6H2,1H3,(H,18,19);1H/t8-,11+;/m1./s1. The van der Waals surface area contributed by atoms with Gasteiger partial charge in [-0.25, -0.2) is 0 Å². The summed E-state index contributed by atoms with van der Waals surface area (Å²) in [5.41, 5.74) is -0.680. The zero-order chi connectivity index (χ0) is 14.8. The summed E-state index contributed by atoms with van der Waals surface area (Å²) in [7, 11) is 0. The van der Waals surface area contributed by atoms with Gasteiger partial charge < -0.3 is 15.4 Å². The van der Waals surface area contributed by atoms with Crippen LogP contribution in [0.1, 0.15) is 12.5 Å². The lowest BCUT2D eigenvalue weighted by atomic mass is 10.1. The molecule has 21 heavy (non-hydrogen) atoms. The van der Waals surface area contributed by atoms with Crippen LogP contribution >= 0.6 is 12.4 Å². The molecule has 0 radical (unpaired) electrons. The Hall–Kier alpha value is -1.31. The molecular formula is C13H16ClF3N2O2. The Bertz CT molecular complexity index is 497. The Morgan fingerprint density at radius 1 is 1.43 bits per heavy atom. The van der Waals surface area contributed by atoms with Crippen LogP contribution in [0.2, 0.25) is 0 Å². The minimum Gasteiger partial charge on any atom is -0.375 e. The highest BCUT2D eigenvalue weighted by Crippen LogP contribution is 2.30. The van der Waals surface area contributed by atoms with Gasteiger partial charge in [0.2, 0.25) is 5.91 Å². The van der Waals surface area contributed by atoms with E-state index in [1.807, 2.05) is 0 Å². The van der Waals surface area contributed by atoms with Gasteiger partial charge in [-0.05, 0) is 25.1 Å². The van der Waals surface area contributed by atoms with Crippen molar-refractivity contribution in [1.82, 2.24) is 5.32 Å². The Balaban J connectivity index is 0.00000220. The molecule has 1 fully saturated rings. The van der Waals surface area contributed by atoms with Crippen LogP contribution in [0.15, 0.2) is 24.3 Å². The van der Waals surface area contributed by atoms with Gasteiger partial charge in [0.05, 0.1) is 18.3 Å². The van der Waals surface area contributed by atoms with Crippen molar-refractivity contribution < 1.29 is 22.7 Å². The first-order chi connectivity index (χ1) is 9.38. The minimum atomic E-state index is -4.43. The number of alkyl halides is 3. The van der Waals surface area contributed by atoms with Crippen LogP contribution in [0.4, 0.5) is 18.9 Å². The maximum atomic E-state index is 12.6. The van der Waals surface area contributed by atoms with E-state index in [0.29, 0.717) is 13.2 Å². The molecule has 1 heterocycles. The first kappa shape index (κ1) is 17.7. The van der Waals surface area contributed by atoms with Crippen molar-refractivity contribution in [3.63, 3.8) is 0 Å². The summed E-state index contributed by atoms with van der Waals surface area (Å²) in [6.45, 7) is 2.78. The molecule has 1 saturated heterocycles. The van der Waals surface area contributed by atoms with Crippen molar-refractivity contribution in [3.05, 3.63) is 29.8 Å². The zero-order valence-corrected chi connectivity index (χ0v) is 12.1. The van der Waals surface area contributed by atoms with Gasteiger partial charge >= 0.3 is 6.18 Å². The Morgan fingerprint density at radius 2 is 2.14 bits per heavy atom. The molecule has 2 N–H and O–H groups in total. The van der Waals surface area contributed by atoms with Gasteiger partial charge in [-0.3, -0.25) is 4.79 Å². The third kappa shape index (κ3) is 4.59. The second-order valence-corrected chi connectivity index (χ2v) is 4.58. The highest BCUT2D eigenvalue weighted by Gasteiger charge is 2.31. The van der Waals surface area contributed by atoms with Gasteiger partial charge in [0.15, 0.2) is 0 Å². The summed E-state index contributed by atoms with van der Waals surface area (Å²) >= 11 is 0. The number of amides is 1. The minimum absolute atomic E-state index is 0. The summed E-state index contributed by atoms with van der Waals surface area (Å²) in [5, 5.41) is 5.45. The highest BCUT2D eigenvalue weighted by atomic mass is 35.5. The van der Waals surface area contributed by atoms with E-state index >= 15 is 0 Å². The van der Waals surface area contributed by atoms with E-state index < -0.39 is 23.7 Å². The second-order valence-electron chi connectivity index (χ2n) is 4.58. The summed E-state index contributed by atoms with van der Waals surface area (Å²) in [5.74, 6) is -0.406. The average Bonchev–Trinajstić information content (AvgIpc) is 2.38. The monoisotopic (exact) mass is 324 g/mol. The average molecular weight is 325 g/mol. The SMILES string of the molecule is C[C@H]1OCCN[C@@H]1C(=O)Nc1cccc(C(F)(F)F)c1.Cl. The topological polar surface area (TPSA) is 50.4 Å². The van der Waals surface area contributed by atoms with Gasteiger partial charge in [0, 0.05) is 12.2 Å². The number of halogens is 4. The molecule has 0 unspecified atom stereocenters. The molecule has 118 valence electrons.